The molecule has 0 amide bonds. The maximum absolute atomic E-state index is 12.1. The summed E-state index contributed by atoms with van der Waals surface area (Å²) in [5.74, 6) is 2.16. The molecule has 0 N–H and O–H groups in total. The van der Waals surface area contributed by atoms with Crippen LogP contribution in [0.3, 0.4) is 0 Å². The van der Waals surface area contributed by atoms with Crippen LogP contribution in [0.5, 0.6) is 0 Å². The molecule has 2 atom stereocenters. The Bertz CT molecular complexity index is 409. The van der Waals surface area contributed by atoms with Gasteiger partial charge < -0.3 is 0 Å². The molecule has 2 rings (SSSR count). The van der Waals surface area contributed by atoms with E-state index in [0.717, 1.165) is 30.2 Å². The largest absolute Gasteiger partial charge is 0.294 e. The van der Waals surface area contributed by atoms with Gasteiger partial charge in [-0.3, -0.25) is 4.79 Å². The van der Waals surface area contributed by atoms with Crippen molar-refractivity contribution in [1.29, 1.82) is 0 Å². The quantitative estimate of drug-likeness (QED) is 0.441. The van der Waals surface area contributed by atoms with Gasteiger partial charge in [0, 0.05) is 12.0 Å². The molecule has 2 unspecified atom stereocenters. The molecule has 0 radical (unpaired) electrons. The number of ketones is 1. The molecule has 0 bridgehead atoms. The summed E-state index contributed by atoms with van der Waals surface area (Å²) in [6.07, 6.45) is 12.8. The number of benzene rings is 1. The molecule has 0 saturated heterocycles. The van der Waals surface area contributed by atoms with Crippen molar-refractivity contribution in [2.75, 3.05) is 0 Å². The average molecular weight is 286 g/mol. The Labute approximate surface area is 130 Å². The van der Waals surface area contributed by atoms with Crippen LogP contribution < -0.4 is 0 Å². The van der Waals surface area contributed by atoms with E-state index >= 15 is 0 Å². The monoisotopic (exact) mass is 286 g/mol. The van der Waals surface area contributed by atoms with Gasteiger partial charge in [-0.2, -0.15) is 0 Å². The highest BCUT2D eigenvalue weighted by molar-refractivity contribution is 5.95. The van der Waals surface area contributed by atoms with Crippen molar-refractivity contribution in [3.05, 3.63) is 35.9 Å². The number of hydrogen-bond donors (Lipinski definition) is 0. The van der Waals surface area contributed by atoms with Crippen LogP contribution in [0.2, 0.25) is 0 Å². The van der Waals surface area contributed by atoms with Crippen molar-refractivity contribution in [1.82, 2.24) is 0 Å². The Morgan fingerprint density at radius 1 is 1.00 bits per heavy atom. The van der Waals surface area contributed by atoms with Crippen LogP contribution in [-0.4, -0.2) is 5.78 Å². The molecular weight excluding hydrogens is 256 g/mol. The van der Waals surface area contributed by atoms with Gasteiger partial charge >= 0.3 is 0 Å². The lowest BCUT2D eigenvalue weighted by Gasteiger charge is -2.14. The van der Waals surface area contributed by atoms with E-state index < -0.39 is 0 Å². The van der Waals surface area contributed by atoms with Crippen LogP contribution in [0.1, 0.15) is 81.5 Å². The molecule has 0 aliphatic heterocycles. The molecule has 1 nitrogen and oxygen atoms in total. The van der Waals surface area contributed by atoms with E-state index in [-0.39, 0.29) is 0 Å². The van der Waals surface area contributed by atoms with Gasteiger partial charge in [0.05, 0.1) is 0 Å². The normalized spacial score (nSPS) is 22.7. The zero-order chi connectivity index (χ0) is 14.9. The fraction of sp³-hybridized carbons (Fsp3) is 0.650. The minimum atomic E-state index is 0.313. The second kappa shape index (κ2) is 9.02. The van der Waals surface area contributed by atoms with Gasteiger partial charge in [-0.15, -0.1) is 0 Å². The van der Waals surface area contributed by atoms with Crippen molar-refractivity contribution < 1.29 is 4.79 Å². The summed E-state index contributed by atoms with van der Waals surface area (Å²) >= 11 is 0. The third kappa shape index (κ3) is 5.65. The van der Waals surface area contributed by atoms with Crippen LogP contribution >= 0.6 is 0 Å². The molecule has 0 spiro atoms. The number of hydrogen-bond acceptors (Lipinski definition) is 1. The van der Waals surface area contributed by atoms with Gasteiger partial charge in [0.2, 0.25) is 0 Å². The Morgan fingerprint density at radius 2 is 1.67 bits per heavy atom. The third-order valence-corrected chi connectivity index (χ3v) is 5.02. The van der Waals surface area contributed by atoms with Crippen LogP contribution in [-0.2, 0) is 0 Å². The van der Waals surface area contributed by atoms with Crippen molar-refractivity contribution in [3.63, 3.8) is 0 Å². The molecule has 1 aromatic carbocycles. The molecule has 1 heteroatoms. The second-order valence-corrected chi connectivity index (χ2v) is 6.71. The van der Waals surface area contributed by atoms with Gasteiger partial charge in [0.1, 0.15) is 0 Å². The zero-order valence-corrected chi connectivity index (χ0v) is 13.5. The molecular formula is C20H30O. The first kappa shape index (κ1) is 16.3. The van der Waals surface area contributed by atoms with Gasteiger partial charge in [-0.25, -0.2) is 0 Å². The molecule has 1 aliphatic carbocycles. The van der Waals surface area contributed by atoms with Gasteiger partial charge in [0.15, 0.2) is 5.78 Å². The van der Waals surface area contributed by atoms with E-state index in [4.69, 9.17) is 0 Å². The van der Waals surface area contributed by atoms with E-state index in [1.807, 2.05) is 30.3 Å². The summed E-state index contributed by atoms with van der Waals surface area (Å²) in [7, 11) is 0. The molecule has 0 heterocycles. The van der Waals surface area contributed by atoms with E-state index in [1.165, 1.54) is 51.4 Å². The summed E-state index contributed by atoms with van der Waals surface area (Å²) in [4.78, 5) is 12.1. The maximum Gasteiger partial charge on any atom is 0.162 e. The molecule has 21 heavy (non-hydrogen) atoms. The molecule has 0 aromatic heterocycles. The van der Waals surface area contributed by atoms with Crippen LogP contribution in [0, 0.1) is 11.8 Å². The minimum Gasteiger partial charge on any atom is -0.294 e. The fourth-order valence-corrected chi connectivity index (χ4v) is 3.76. The Morgan fingerprint density at radius 3 is 2.33 bits per heavy atom. The number of rotatable bonds is 7. The zero-order valence-electron chi connectivity index (χ0n) is 13.5. The number of Topliss-reactive ketones (excluding diaryl/α,β-unsaturated/α-hetero) is 1. The third-order valence-electron chi connectivity index (χ3n) is 5.02. The van der Waals surface area contributed by atoms with E-state index in [1.54, 1.807) is 0 Å². The lowest BCUT2D eigenvalue weighted by Crippen LogP contribution is -2.03. The Hall–Kier alpha value is -1.11. The topological polar surface area (TPSA) is 17.1 Å². The van der Waals surface area contributed by atoms with E-state index in [2.05, 4.69) is 6.92 Å². The summed E-state index contributed by atoms with van der Waals surface area (Å²) in [6, 6.07) is 9.74. The summed E-state index contributed by atoms with van der Waals surface area (Å²) < 4.78 is 0. The standard InChI is InChI=1S/C20H30O/c1-2-8-17-9-6-10-18(16-15-17)11-7-14-20(21)19-12-4-3-5-13-19/h3-5,12-13,17-18H,2,6-11,14-16H2,1H3. The highest BCUT2D eigenvalue weighted by Gasteiger charge is 2.18. The van der Waals surface area contributed by atoms with Gasteiger partial charge in [-0.1, -0.05) is 88.6 Å². The first-order valence-corrected chi connectivity index (χ1v) is 8.87. The molecule has 1 aliphatic rings. The molecule has 1 fully saturated rings. The minimum absolute atomic E-state index is 0.313. The lowest BCUT2D eigenvalue weighted by molar-refractivity contribution is 0.0977. The lowest BCUT2D eigenvalue weighted by atomic mass is 9.91. The maximum atomic E-state index is 12.1. The first-order chi connectivity index (χ1) is 10.3. The molecule has 1 aromatic rings. The number of carbonyl (C=O) groups is 1. The van der Waals surface area contributed by atoms with Crippen molar-refractivity contribution >= 4 is 5.78 Å². The number of carbonyl (C=O) groups excluding carboxylic acids is 1. The van der Waals surface area contributed by atoms with Gasteiger partial charge in [0.25, 0.3) is 0 Å². The summed E-state index contributed by atoms with van der Waals surface area (Å²) in [6.45, 7) is 2.30. The van der Waals surface area contributed by atoms with Crippen molar-refractivity contribution in [2.45, 2.75) is 71.1 Å². The van der Waals surface area contributed by atoms with Crippen LogP contribution in [0.15, 0.2) is 30.3 Å². The predicted molar refractivity (Wildman–Crippen MR) is 89.6 cm³/mol. The highest BCUT2D eigenvalue weighted by Crippen LogP contribution is 2.32. The molecule has 1 saturated carbocycles. The first-order valence-electron chi connectivity index (χ1n) is 8.87. The summed E-state index contributed by atoms with van der Waals surface area (Å²) in [5.41, 5.74) is 0.876. The SMILES string of the molecule is CCCC1CCCC(CCCC(=O)c2ccccc2)CC1. The second-order valence-electron chi connectivity index (χ2n) is 6.71. The average Bonchev–Trinajstić information content (AvgIpc) is 2.74. The van der Waals surface area contributed by atoms with E-state index in [0.29, 0.717) is 5.78 Å². The Balaban J connectivity index is 1.68. The van der Waals surface area contributed by atoms with Crippen molar-refractivity contribution in [2.24, 2.45) is 11.8 Å². The molecule has 116 valence electrons. The highest BCUT2D eigenvalue weighted by atomic mass is 16.1. The van der Waals surface area contributed by atoms with Gasteiger partial charge in [-0.05, 0) is 18.3 Å². The summed E-state index contributed by atoms with van der Waals surface area (Å²) in [5, 5.41) is 0. The van der Waals surface area contributed by atoms with Crippen molar-refractivity contribution in [3.8, 4) is 0 Å². The van der Waals surface area contributed by atoms with Crippen LogP contribution in [0.4, 0.5) is 0 Å². The predicted octanol–water partition coefficient (Wildman–Crippen LogP) is 6.04. The fourth-order valence-electron chi connectivity index (χ4n) is 3.76. The van der Waals surface area contributed by atoms with Crippen LogP contribution in [0.25, 0.3) is 0 Å². The van der Waals surface area contributed by atoms with E-state index in [9.17, 15) is 4.79 Å². The Kier molecular flexibility index (Phi) is 6.99. The smallest absolute Gasteiger partial charge is 0.162 e.